The molecule has 0 atom stereocenters. The van der Waals surface area contributed by atoms with Crippen molar-refractivity contribution in [2.75, 3.05) is 18.5 Å². The normalized spacial score (nSPS) is 16.3. The van der Waals surface area contributed by atoms with Gasteiger partial charge in [0.25, 0.3) is 0 Å². The molecule has 0 bridgehead atoms. The molecule has 5 heteroatoms. The number of benzene rings is 1. The lowest BCUT2D eigenvalue weighted by Crippen LogP contribution is -2.18. The molecule has 0 aromatic heterocycles. The number of hydrogen-bond donors (Lipinski definition) is 1. The van der Waals surface area contributed by atoms with Crippen LogP contribution in [0.2, 0.25) is 10.0 Å². The molecule has 3 nitrogen and oxygen atoms in total. The van der Waals surface area contributed by atoms with Crippen molar-refractivity contribution in [1.82, 2.24) is 0 Å². The summed E-state index contributed by atoms with van der Waals surface area (Å²) in [7, 11) is 0. The van der Waals surface area contributed by atoms with E-state index in [1.54, 1.807) is 18.2 Å². The maximum Gasteiger partial charge on any atom is 0.224 e. The molecular weight excluding hydrogens is 285 g/mol. The molecule has 1 saturated heterocycles. The molecule has 1 heterocycles. The minimum absolute atomic E-state index is 0.0179. The largest absolute Gasteiger partial charge is 0.381 e. The molecule has 2 rings (SSSR count). The summed E-state index contributed by atoms with van der Waals surface area (Å²) >= 11 is 11.9. The zero-order valence-electron chi connectivity index (χ0n) is 10.6. The van der Waals surface area contributed by atoms with E-state index in [9.17, 15) is 4.79 Å². The van der Waals surface area contributed by atoms with Gasteiger partial charge in [-0.15, -0.1) is 0 Å². The highest BCUT2D eigenvalue weighted by atomic mass is 35.5. The molecule has 1 amide bonds. The SMILES string of the molecule is O=C(CCC1CCOCC1)Nc1cccc(Cl)c1Cl. The Morgan fingerprint density at radius 3 is 2.79 bits per heavy atom. The third-order valence-electron chi connectivity index (χ3n) is 3.35. The van der Waals surface area contributed by atoms with E-state index < -0.39 is 0 Å². The van der Waals surface area contributed by atoms with Crippen molar-refractivity contribution in [3.05, 3.63) is 28.2 Å². The maximum atomic E-state index is 11.9. The van der Waals surface area contributed by atoms with E-state index in [1.807, 2.05) is 0 Å². The van der Waals surface area contributed by atoms with Crippen LogP contribution in [0.25, 0.3) is 0 Å². The summed E-state index contributed by atoms with van der Waals surface area (Å²) in [4.78, 5) is 11.9. The summed E-state index contributed by atoms with van der Waals surface area (Å²) < 4.78 is 5.30. The Labute approximate surface area is 123 Å². The number of rotatable bonds is 4. The molecule has 1 aromatic carbocycles. The van der Waals surface area contributed by atoms with Crippen LogP contribution in [0.3, 0.4) is 0 Å². The van der Waals surface area contributed by atoms with Gasteiger partial charge in [0.1, 0.15) is 0 Å². The van der Waals surface area contributed by atoms with E-state index in [-0.39, 0.29) is 5.91 Å². The highest BCUT2D eigenvalue weighted by Crippen LogP contribution is 2.29. The molecule has 0 spiro atoms. The summed E-state index contributed by atoms with van der Waals surface area (Å²) in [5.74, 6) is 0.574. The second-order valence-electron chi connectivity index (χ2n) is 4.74. The van der Waals surface area contributed by atoms with Gasteiger partial charge in [-0.25, -0.2) is 0 Å². The minimum atomic E-state index is -0.0179. The van der Waals surface area contributed by atoms with Gasteiger partial charge in [-0.2, -0.15) is 0 Å². The van der Waals surface area contributed by atoms with Crippen LogP contribution in [0.1, 0.15) is 25.7 Å². The molecule has 1 aliphatic heterocycles. The first-order valence-corrected chi connectivity index (χ1v) is 7.24. The fourth-order valence-electron chi connectivity index (χ4n) is 2.18. The summed E-state index contributed by atoms with van der Waals surface area (Å²) in [5, 5.41) is 3.64. The van der Waals surface area contributed by atoms with Gasteiger partial charge in [-0.05, 0) is 37.3 Å². The van der Waals surface area contributed by atoms with Crippen LogP contribution in [0.4, 0.5) is 5.69 Å². The number of nitrogens with one attached hydrogen (secondary N) is 1. The molecule has 0 radical (unpaired) electrons. The highest BCUT2D eigenvalue weighted by molar-refractivity contribution is 6.43. The number of carbonyl (C=O) groups is 1. The number of anilines is 1. The van der Waals surface area contributed by atoms with Gasteiger partial charge in [-0.1, -0.05) is 29.3 Å². The predicted molar refractivity (Wildman–Crippen MR) is 77.9 cm³/mol. The Morgan fingerprint density at radius 2 is 2.05 bits per heavy atom. The lowest BCUT2D eigenvalue weighted by molar-refractivity contribution is -0.116. The second kappa shape index (κ2) is 7.13. The first-order chi connectivity index (χ1) is 9.16. The van der Waals surface area contributed by atoms with Crippen LogP contribution in [0.5, 0.6) is 0 Å². The number of ether oxygens (including phenoxy) is 1. The number of halogens is 2. The van der Waals surface area contributed by atoms with Crippen molar-refractivity contribution in [3.63, 3.8) is 0 Å². The summed E-state index contributed by atoms with van der Waals surface area (Å²) in [5.41, 5.74) is 0.575. The van der Waals surface area contributed by atoms with Gasteiger partial charge in [0.2, 0.25) is 5.91 Å². The average Bonchev–Trinajstić information content (AvgIpc) is 2.43. The lowest BCUT2D eigenvalue weighted by atomic mass is 9.95. The molecule has 1 fully saturated rings. The zero-order valence-corrected chi connectivity index (χ0v) is 12.1. The molecule has 1 aliphatic rings. The lowest BCUT2D eigenvalue weighted by Gasteiger charge is -2.21. The summed E-state index contributed by atoms with van der Waals surface area (Å²) in [6, 6.07) is 5.21. The third-order valence-corrected chi connectivity index (χ3v) is 4.17. The first-order valence-electron chi connectivity index (χ1n) is 6.48. The van der Waals surface area contributed by atoms with Crippen molar-refractivity contribution in [1.29, 1.82) is 0 Å². The molecule has 1 N–H and O–H groups in total. The Morgan fingerprint density at radius 1 is 1.32 bits per heavy atom. The molecule has 0 saturated carbocycles. The van der Waals surface area contributed by atoms with Crippen LogP contribution in [-0.2, 0) is 9.53 Å². The highest BCUT2D eigenvalue weighted by Gasteiger charge is 2.15. The number of amides is 1. The summed E-state index contributed by atoms with van der Waals surface area (Å²) in [6.07, 6.45) is 3.50. The Balaban J connectivity index is 1.82. The van der Waals surface area contributed by atoms with E-state index in [0.717, 1.165) is 32.5 Å². The van der Waals surface area contributed by atoms with Crippen molar-refractivity contribution < 1.29 is 9.53 Å². The quantitative estimate of drug-likeness (QED) is 0.907. The predicted octanol–water partition coefficient (Wildman–Crippen LogP) is 4.14. The molecule has 0 unspecified atom stereocenters. The monoisotopic (exact) mass is 301 g/mol. The Hall–Kier alpha value is -0.770. The van der Waals surface area contributed by atoms with Crippen LogP contribution < -0.4 is 5.32 Å². The van der Waals surface area contributed by atoms with Gasteiger partial charge in [0, 0.05) is 19.6 Å². The maximum absolute atomic E-state index is 11.9. The van der Waals surface area contributed by atoms with E-state index in [0.29, 0.717) is 28.1 Å². The van der Waals surface area contributed by atoms with Gasteiger partial charge in [0.15, 0.2) is 0 Å². The van der Waals surface area contributed by atoms with Crippen LogP contribution >= 0.6 is 23.2 Å². The third kappa shape index (κ3) is 4.37. The van der Waals surface area contributed by atoms with Gasteiger partial charge in [-0.3, -0.25) is 4.79 Å². The fraction of sp³-hybridized carbons (Fsp3) is 0.500. The van der Waals surface area contributed by atoms with Crippen LogP contribution in [-0.4, -0.2) is 19.1 Å². The molecule has 0 aliphatic carbocycles. The minimum Gasteiger partial charge on any atom is -0.381 e. The molecule has 104 valence electrons. The number of hydrogen-bond acceptors (Lipinski definition) is 2. The molecule has 1 aromatic rings. The van der Waals surface area contributed by atoms with Crippen LogP contribution in [0, 0.1) is 5.92 Å². The average molecular weight is 302 g/mol. The Bertz CT molecular complexity index is 445. The van der Waals surface area contributed by atoms with E-state index in [4.69, 9.17) is 27.9 Å². The molecular formula is C14H17Cl2NO2. The van der Waals surface area contributed by atoms with Crippen molar-refractivity contribution in [2.24, 2.45) is 5.92 Å². The van der Waals surface area contributed by atoms with Crippen molar-refractivity contribution >= 4 is 34.8 Å². The van der Waals surface area contributed by atoms with Gasteiger partial charge < -0.3 is 10.1 Å². The summed E-state index contributed by atoms with van der Waals surface area (Å²) in [6.45, 7) is 1.62. The fourth-order valence-corrected chi connectivity index (χ4v) is 2.53. The zero-order chi connectivity index (χ0) is 13.7. The smallest absolute Gasteiger partial charge is 0.224 e. The standard InChI is InChI=1S/C14H17Cl2NO2/c15-11-2-1-3-12(14(11)16)17-13(18)5-4-10-6-8-19-9-7-10/h1-3,10H,4-9H2,(H,17,18). The van der Waals surface area contributed by atoms with Crippen LogP contribution in [0.15, 0.2) is 18.2 Å². The van der Waals surface area contributed by atoms with Gasteiger partial charge in [0.05, 0.1) is 15.7 Å². The number of carbonyl (C=O) groups excluding carboxylic acids is 1. The topological polar surface area (TPSA) is 38.3 Å². The Kier molecular flexibility index (Phi) is 5.49. The molecule has 19 heavy (non-hydrogen) atoms. The van der Waals surface area contributed by atoms with E-state index in [1.165, 1.54) is 0 Å². The van der Waals surface area contributed by atoms with Crippen molar-refractivity contribution in [2.45, 2.75) is 25.7 Å². The van der Waals surface area contributed by atoms with E-state index in [2.05, 4.69) is 5.32 Å². The second-order valence-corrected chi connectivity index (χ2v) is 5.53. The van der Waals surface area contributed by atoms with E-state index >= 15 is 0 Å². The van der Waals surface area contributed by atoms with Crippen molar-refractivity contribution in [3.8, 4) is 0 Å². The van der Waals surface area contributed by atoms with Gasteiger partial charge >= 0.3 is 0 Å². The first kappa shape index (κ1) is 14.6.